The summed E-state index contributed by atoms with van der Waals surface area (Å²) in [7, 11) is 1.19. The Labute approximate surface area is 129 Å². The lowest BCUT2D eigenvalue weighted by atomic mass is 9.82. The predicted octanol–water partition coefficient (Wildman–Crippen LogP) is 3.04. The summed E-state index contributed by atoms with van der Waals surface area (Å²) in [6.07, 6.45) is 1.68. The Kier molecular flexibility index (Phi) is 4.41. The molecule has 0 aromatic heterocycles. The van der Waals surface area contributed by atoms with Crippen molar-refractivity contribution in [2.45, 2.75) is 30.7 Å². The van der Waals surface area contributed by atoms with Crippen LogP contribution in [0, 0.1) is 11.7 Å². The third kappa shape index (κ3) is 3.32. The Morgan fingerprint density at radius 1 is 1.45 bits per heavy atom. The van der Waals surface area contributed by atoms with E-state index in [0.717, 1.165) is 25.0 Å². The second kappa shape index (κ2) is 5.61. The Morgan fingerprint density at radius 3 is 2.55 bits per heavy atom. The lowest BCUT2D eigenvalue weighted by Crippen LogP contribution is -2.43. The number of hydrogen-bond donors (Lipinski definition) is 1. The van der Waals surface area contributed by atoms with Gasteiger partial charge in [0.05, 0.1) is 10.5 Å². The molecule has 4 nitrogen and oxygen atoms in total. The van der Waals surface area contributed by atoms with Crippen LogP contribution in [-0.2, 0) is 9.05 Å². The highest BCUT2D eigenvalue weighted by Gasteiger charge is 2.28. The van der Waals surface area contributed by atoms with Gasteiger partial charge in [-0.2, -0.15) is 0 Å². The van der Waals surface area contributed by atoms with Crippen LogP contribution in [0.3, 0.4) is 0 Å². The molecule has 1 aliphatic rings. The zero-order chi connectivity index (χ0) is 15.1. The van der Waals surface area contributed by atoms with Crippen molar-refractivity contribution in [1.82, 2.24) is 5.32 Å². The lowest BCUT2D eigenvalue weighted by molar-refractivity contribution is 0.0891. The van der Waals surface area contributed by atoms with E-state index in [-0.39, 0.29) is 21.0 Å². The van der Waals surface area contributed by atoms with E-state index in [2.05, 4.69) is 28.2 Å². The highest BCUT2D eigenvalue weighted by Crippen LogP contribution is 2.29. The standard InChI is InChI=1S/C12H12BrClFNO3S/c1-6-2-7(3-6)16-12(17)8-4-11(20(14,18)19)9(13)5-10(8)15/h4-7H,2-3H2,1H3,(H,16,17). The maximum Gasteiger partial charge on any atom is 0.262 e. The molecule has 1 fully saturated rings. The molecule has 0 aliphatic heterocycles. The number of amides is 1. The lowest BCUT2D eigenvalue weighted by Gasteiger charge is -2.33. The SMILES string of the molecule is CC1CC(NC(=O)c2cc(S(=O)(=O)Cl)c(Br)cc2F)C1. The summed E-state index contributed by atoms with van der Waals surface area (Å²) in [4.78, 5) is 11.6. The second-order valence-electron chi connectivity index (χ2n) is 4.95. The van der Waals surface area contributed by atoms with Crippen LogP contribution in [0.25, 0.3) is 0 Å². The third-order valence-corrected chi connectivity index (χ3v) is 5.52. The molecule has 1 aromatic carbocycles. The van der Waals surface area contributed by atoms with Crippen LogP contribution in [0.15, 0.2) is 21.5 Å². The number of hydrogen-bond acceptors (Lipinski definition) is 3. The molecular formula is C12H12BrClFNO3S. The molecule has 0 spiro atoms. The molecule has 1 amide bonds. The Balaban J connectivity index is 2.29. The van der Waals surface area contributed by atoms with Gasteiger partial charge in [0.2, 0.25) is 0 Å². The third-order valence-electron chi connectivity index (χ3n) is 3.24. The summed E-state index contributed by atoms with van der Waals surface area (Å²) in [5.41, 5.74) is -0.327. The van der Waals surface area contributed by atoms with Crippen LogP contribution in [0.1, 0.15) is 30.1 Å². The van der Waals surface area contributed by atoms with Gasteiger partial charge in [0.25, 0.3) is 15.0 Å². The van der Waals surface area contributed by atoms with E-state index in [1.54, 1.807) is 0 Å². The first-order valence-electron chi connectivity index (χ1n) is 5.93. The Morgan fingerprint density at radius 2 is 2.05 bits per heavy atom. The predicted molar refractivity (Wildman–Crippen MR) is 76.8 cm³/mol. The topological polar surface area (TPSA) is 63.2 Å². The van der Waals surface area contributed by atoms with Crippen molar-refractivity contribution in [1.29, 1.82) is 0 Å². The molecule has 20 heavy (non-hydrogen) atoms. The molecule has 2 rings (SSSR count). The molecular weight excluding hydrogens is 373 g/mol. The van der Waals surface area contributed by atoms with Crippen LogP contribution >= 0.6 is 26.6 Å². The van der Waals surface area contributed by atoms with Gasteiger partial charge in [-0.3, -0.25) is 4.79 Å². The van der Waals surface area contributed by atoms with E-state index in [0.29, 0.717) is 5.92 Å². The fourth-order valence-electron chi connectivity index (χ4n) is 2.17. The molecule has 0 unspecified atom stereocenters. The van der Waals surface area contributed by atoms with E-state index in [4.69, 9.17) is 10.7 Å². The van der Waals surface area contributed by atoms with E-state index in [9.17, 15) is 17.6 Å². The van der Waals surface area contributed by atoms with Gasteiger partial charge in [0.15, 0.2) is 0 Å². The monoisotopic (exact) mass is 383 g/mol. The van der Waals surface area contributed by atoms with Gasteiger partial charge in [-0.05, 0) is 46.8 Å². The molecule has 0 saturated heterocycles. The highest BCUT2D eigenvalue weighted by molar-refractivity contribution is 9.10. The van der Waals surface area contributed by atoms with Gasteiger partial charge < -0.3 is 5.32 Å². The fraction of sp³-hybridized carbons (Fsp3) is 0.417. The van der Waals surface area contributed by atoms with Crippen molar-refractivity contribution in [3.63, 3.8) is 0 Å². The molecule has 1 N–H and O–H groups in total. The zero-order valence-electron chi connectivity index (χ0n) is 10.5. The van der Waals surface area contributed by atoms with Crippen LogP contribution in [0.5, 0.6) is 0 Å². The van der Waals surface area contributed by atoms with Gasteiger partial charge in [-0.1, -0.05) is 6.92 Å². The summed E-state index contributed by atoms with van der Waals surface area (Å²) in [6.45, 7) is 2.06. The highest BCUT2D eigenvalue weighted by atomic mass is 79.9. The van der Waals surface area contributed by atoms with Crippen molar-refractivity contribution in [3.05, 3.63) is 28.0 Å². The van der Waals surface area contributed by atoms with Crippen LogP contribution in [0.2, 0.25) is 0 Å². The maximum atomic E-state index is 13.8. The Bertz CT molecular complexity index is 659. The summed E-state index contributed by atoms with van der Waals surface area (Å²) >= 11 is 2.91. The summed E-state index contributed by atoms with van der Waals surface area (Å²) in [6, 6.07) is 1.88. The molecule has 8 heteroatoms. The van der Waals surface area contributed by atoms with Crippen LogP contribution in [-0.4, -0.2) is 20.4 Å². The molecule has 0 heterocycles. The normalized spacial score (nSPS) is 22.2. The molecule has 1 saturated carbocycles. The number of nitrogens with one attached hydrogen (secondary N) is 1. The van der Waals surface area contributed by atoms with E-state index in [1.807, 2.05) is 0 Å². The van der Waals surface area contributed by atoms with E-state index >= 15 is 0 Å². The van der Waals surface area contributed by atoms with Crippen LogP contribution in [0.4, 0.5) is 4.39 Å². The smallest absolute Gasteiger partial charge is 0.262 e. The summed E-state index contributed by atoms with van der Waals surface area (Å²) in [5.74, 6) is -0.895. The van der Waals surface area contributed by atoms with Gasteiger partial charge in [-0.25, -0.2) is 12.8 Å². The number of rotatable bonds is 3. The van der Waals surface area contributed by atoms with Gasteiger partial charge in [-0.15, -0.1) is 0 Å². The fourth-order valence-corrected chi connectivity index (χ4v) is 4.34. The number of benzene rings is 1. The quantitative estimate of drug-likeness (QED) is 0.815. The molecule has 1 aliphatic carbocycles. The first-order chi connectivity index (χ1) is 9.18. The van der Waals surface area contributed by atoms with Crippen LogP contribution < -0.4 is 5.32 Å². The van der Waals surface area contributed by atoms with E-state index in [1.165, 1.54) is 0 Å². The van der Waals surface area contributed by atoms with Crippen molar-refractivity contribution in [3.8, 4) is 0 Å². The average molecular weight is 385 g/mol. The average Bonchev–Trinajstić information content (AvgIpc) is 2.24. The minimum atomic E-state index is -4.06. The van der Waals surface area contributed by atoms with Crippen molar-refractivity contribution in [2.75, 3.05) is 0 Å². The number of carbonyl (C=O) groups is 1. The largest absolute Gasteiger partial charge is 0.349 e. The molecule has 1 aromatic rings. The van der Waals surface area contributed by atoms with E-state index < -0.39 is 20.8 Å². The molecule has 0 atom stereocenters. The molecule has 110 valence electrons. The maximum absolute atomic E-state index is 13.8. The second-order valence-corrected chi connectivity index (χ2v) is 8.34. The van der Waals surface area contributed by atoms with Gasteiger partial charge in [0.1, 0.15) is 5.82 Å². The number of carbonyl (C=O) groups excluding carboxylic acids is 1. The van der Waals surface area contributed by atoms with Gasteiger partial charge in [0, 0.05) is 21.2 Å². The minimum absolute atomic E-state index is 0.0107. The van der Waals surface area contributed by atoms with Crippen molar-refractivity contribution >= 4 is 41.6 Å². The zero-order valence-corrected chi connectivity index (χ0v) is 13.6. The van der Waals surface area contributed by atoms with Gasteiger partial charge >= 0.3 is 0 Å². The summed E-state index contributed by atoms with van der Waals surface area (Å²) in [5, 5.41) is 2.67. The minimum Gasteiger partial charge on any atom is -0.349 e. The molecule has 0 bridgehead atoms. The number of halogens is 3. The molecule has 0 radical (unpaired) electrons. The van der Waals surface area contributed by atoms with Crippen molar-refractivity contribution < 1.29 is 17.6 Å². The first-order valence-corrected chi connectivity index (χ1v) is 9.03. The Hall–Kier alpha value is -0.660. The summed E-state index contributed by atoms with van der Waals surface area (Å²) < 4.78 is 36.5. The first kappa shape index (κ1) is 15.7. The van der Waals surface area contributed by atoms with Crippen molar-refractivity contribution in [2.24, 2.45) is 5.92 Å².